The third-order valence-corrected chi connectivity index (χ3v) is 6.12. The molecule has 0 saturated carbocycles. The minimum atomic E-state index is 0.0304. The number of hydrogen-bond acceptors (Lipinski definition) is 7. The zero-order chi connectivity index (χ0) is 26.1. The molecule has 0 aliphatic rings. The van der Waals surface area contributed by atoms with Gasteiger partial charge in [0.2, 0.25) is 0 Å². The van der Waals surface area contributed by atoms with Crippen LogP contribution in [0.25, 0.3) is 0 Å². The lowest BCUT2D eigenvalue weighted by molar-refractivity contribution is 0.281. The molecule has 0 bridgehead atoms. The van der Waals surface area contributed by atoms with Gasteiger partial charge in [-0.05, 0) is 79.1 Å². The van der Waals surface area contributed by atoms with Crippen molar-refractivity contribution < 1.29 is 10.2 Å². The Morgan fingerprint density at radius 1 is 0.541 bits per heavy atom. The van der Waals surface area contributed by atoms with Crippen LogP contribution in [0.4, 0.5) is 28.4 Å². The second-order valence-electron chi connectivity index (χ2n) is 9.05. The summed E-state index contributed by atoms with van der Waals surface area (Å²) in [6.07, 6.45) is 9.00. The molecule has 3 aromatic carbocycles. The average Bonchev–Trinajstić information content (AvgIpc) is 2.94. The highest BCUT2D eigenvalue weighted by atomic mass is 16.3. The predicted octanol–water partition coefficient (Wildman–Crippen LogP) is 8.21. The summed E-state index contributed by atoms with van der Waals surface area (Å²) in [6.45, 7) is 3.25. The molecular formula is C30H39N5O2. The van der Waals surface area contributed by atoms with Crippen molar-refractivity contribution in [2.45, 2.75) is 51.9 Å². The standard InChI is InChI=1S/C30H39N5O2/c1-2-3-4-5-6-7-8-25-9-11-26(12-10-25)31-32-27-13-15-28(16-14-27)33-34-29-17-19-30(20-18-29)35(21-23-36)22-24-37/h9-20,36-37H,2-8,21-24H2,1H3. The van der Waals surface area contributed by atoms with E-state index in [1.165, 1.54) is 44.1 Å². The molecule has 7 nitrogen and oxygen atoms in total. The van der Waals surface area contributed by atoms with Crippen molar-refractivity contribution >= 4 is 28.4 Å². The van der Waals surface area contributed by atoms with E-state index in [0.717, 1.165) is 34.9 Å². The normalized spacial score (nSPS) is 11.5. The van der Waals surface area contributed by atoms with E-state index in [4.69, 9.17) is 0 Å². The number of unbranched alkanes of at least 4 members (excludes halogenated alkanes) is 5. The van der Waals surface area contributed by atoms with Crippen LogP contribution >= 0.6 is 0 Å². The Morgan fingerprint density at radius 3 is 1.41 bits per heavy atom. The van der Waals surface area contributed by atoms with Gasteiger partial charge in [-0.2, -0.15) is 20.5 Å². The van der Waals surface area contributed by atoms with Crippen LogP contribution in [0.3, 0.4) is 0 Å². The van der Waals surface area contributed by atoms with Gasteiger partial charge in [-0.25, -0.2) is 0 Å². The minimum absolute atomic E-state index is 0.0304. The van der Waals surface area contributed by atoms with Gasteiger partial charge >= 0.3 is 0 Å². The van der Waals surface area contributed by atoms with Crippen molar-refractivity contribution in [3.63, 3.8) is 0 Å². The first-order valence-corrected chi connectivity index (χ1v) is 13.3. The van der Waals surface area contributed by atoms with Gasteiger partial charge in [-0.1, -0.05) is 51.2 Å². The Labute approximate surface area is 220 Å². The molecule has 0 fully saturated rings. The number of anilines is 1. The van der Waals surface area contributed by atoms with E-state index < -0.39 is 0 Å². The molecule has 3 aromatic rings. The van der Waals surface area contributed by atoms with Crippen LogP contribution in [-0.4, -0.2) is 36.5 Å². The van der Waals surface area contributed by atoms with Gasteiger partial charge in [-0.15, -0.1) is 0 Å². The Balaban J connectivity index is 1.48. The van der Waals surface area contributed by atoms with Gasteiger partial charge < -0.3 is 15.1 Å². The van der Waals surface area contributed by atoms with E-state index in [1.807, 2.05) is 65.6 Å². The first-order valence-electron chi connectivity index (χ1n) is 13.3. The first kappa shape index (κ1) is 28.2. The molecule has 0 atom stereocenters. The molecule has 0 aromatic heterocycles. The van der Waals surface area contributed by atoms with Gasteiger partial charge in [0.25, 0.3) is 0 Å². The largest absolute Gasteiger partial charge is 0.395 e. The van der Waals surface area contributed by atoms with Gasteiger partial charge in [0.05, 0.1) is 36.0 Å². The van der Waals surface area contributed by atoms with Crippen molar-refractivity contribution in [2.24, 2.45) is 20.5 Å². The molecule has 0 aliphatic carbocycles. The summed E-state index contributed by atoms with van der Waals surface area (Å²) in [4.78, 5) is 1.92. The lowest BCUT2D eigenvalue weighted by Crippen LogP contribution is -2.29. The number of nitrogens with zero attached hydrogens (tertiary/aromatic N) is 5. The zero-order valence-electron chi connectivity index (χ0n) is 21.8. The molecule has 196 valence electrons. The maximum absolute atomic E-state index is 9.19. The van der Waals surface area contributed by atoms with Crippen LogP contribution in [-0.2, 0) is 6.42 Å². The van der Waals surface area contributed by atoms with Gasteiger partial charge in [0.15, 0.2) is 0 Å². The van der Waals surface area contributed by atoms with Crippen LogP contribution in [0.1, 0.15) is 51.0 Å². The molecule has 0 unspecified atom stereocenters. The third kappa shape index (κ3) is 10.2. The Bertz CT molecular complexity index is 1070. The van der Waals surface area contributed by atoms with Crippen molar-refractivity contribution in [3.8, 4) is 0 Å². The number of aliphatic hydroxyl groups excluding tert-OH is 2. The quantitative estimate of drug-likeness (QED) is 0.153. The molecule has 0 saturated heterocycles. The summed E-state index contributed by atoms with van der Waals surface area (Å²) in [7, 11) is 0. The lowest BCUT2D eigenvalue weighted by atomic mass is 10.0. The fourth-order valence-electron chi connectivity index (χ4n) is 4.00. The Kier molecular flexibility index (Phi) is 12.4. The van der Waals surface area contributed by atoms with Gasteiger partial charge in [-0.3, -0.25) is 0 Å². The maximum Gasteiger partial charge on any atom is 0.0858 e. The van der Waals surface area contributed by atoms with Crippen LogP contribution in [0, 0.1) is 0 Å². The lowest BCUT2D eigenvalue weighted by Gasteiger charge is -2.22. The first-order chi connectivity index (χ1) is 18.2. The van der Waals surface area contributed by atoms with E-state index in [1.54, 1.807) is 0 Å². The summed E-state index contributed by atoms with van der Waals surface area (Å²) >= 11 is 0. The minimum Gasteiger partial charge on any atom is -0.395 e. The van der Waals surface area contributed by atoms with Gasteiger partial charge in [0.1, 0.15) is 0 Å². The summed E-state index contributed by atoms with van der Waals surface area (Å²) in [5.41, 5.74) is 5.32. The number of azo groups is 2. The Morgan fingerprint density at radius 2 is 0.946 bits per heavy atom. The van der Waals surface area contributed by atoms with Gasteiger partial charge in [0, 0.05) is 18.8 Å². The fraction of sp³-hybridized carbons (Fsp3) is 0.400. The summed E-state index contributed by atoms with van der Waals surface area (Å²) < 4.78 is 0. The molecule has 37 heavy (non-hydrogen) atoms. The number of rotatable bonds is 16. The van der Waals surface area contributed by atoms with E-state index in [9.17, 15) is 10.2 Å². The highest BCUT2D eigenvalue weighted by molar-refractivity contribution is 5.53. The summed E-state index contributed by atoms with van der Waals surface area (Å²) in [5.74, 6) is 0. The molecule has 0 heterocycles. The van der Waals surface area contributed by atoms with E-state index >= 15 is 0 Å². The second-order valence-corrected chi connectivity index (χ2v) is 9.05. The SMILES string of the molecule is CCCCCCCCc1ccc(N=Nc2ccc(N=Nc3ccc(N(CCO)CCO)cc3)cc2)cc1. The van der Waals surface area contributed by atoms with Crippen molar-refractivity contribution in [1.29, 1.82) is 0 Å². The molecular weight excluding hydrogens is 462 g/mol. The molecule has 0 spiro atoms. The van der Waals surface area contributed by atoms with Crippen LogP contribution in [0.15, 0.2) is 93.3 Å². The molecule has 0 amide bonds. The maximum atomic E-state index is 9.19. The fourth-order valence-corrected chi connectivity index (χ4v) is 4.00. The molecule has 0 aliphatic heterocycles. The third-order valence-electron chi connectivity index (χ3n) is 6.12. The zero-order valence-corrected chi connectivity index (χ0v) is 21.8. The smallest absolute Gasteiger partial charge is 0.0858 e. The number of aliphatic hydroxyl groups is 2. The summed E-state index contributed by atoms with van der Waals surface area (Å²) in [5, 5.41) is 35.7. The second kappa shape index (κ2) is 16.3. The average molecular weight is 502 g/mol. The molecule has 3 rings (SSSR count). The molecule has 0 radical (unpaired) electrons. The summed E-state index contributed by atoms with van der Waals surface area (Å²) in [6, 6.07) is 23.3. The molecule has 7 heteroatoms. The van der Waals surface area contributed by atoms with Crippen LogP contribution in [0.2, 0.25) is 0 Å². The van der Waals surface area contributed by atoms with Crippen molar-refractivity contribution in [3.05, 3.63) is 78.4 Å². The molecule has 2 N–H and O–H groups in total. The predicted molar refractivity (Wildman–Crippen MR) is 151 cm³/mol. The van der Waals surface area contributed by atoms with Crippen molar-refractivity contribution in [1.82, 2.24) is 0 Å². The number of benzene rings is 3. The van der Waals surface area contributed by atoms with E-state index in [0.29, 0.717) is 13.1 Å². The topological polar surface area (TPSA) is 93.1 Å². The van der Waals surface area contributed by atoms with Crippen molar-refractivity contribution in [2.75, 3.05) is 31.2 Å². The highest BCUT2D eigenvalue weighted by Gasteiger charge is 2.05. The highest BCUT2D eigenvalue weighted by Crippen LogP contribution is 2.25. The Hall–Kier alpha value is -3.42. The van der Waals surface area contributed by atoms with Crippen LogP contribution < -0.4 is 4.90 Å². The number of hydrogen-bond donors (Lipinski definition) is 2. The monoisotopic (exact) mass is 501 g/mol. The number of aryl methyl sites for hydroxylation is 1. The van der Waals surface area contributed by atoms with E-state index in [2.05, 4.69) is 39.5 Å². The van der Waals surface area contributed by atoms with Crippen LogP contribution in [0.5, 0.6) is 0 Å². The van der Waals surface area contributed by atoms with E-state index in [-0.39, 0.29) is 13.2 Å².